The molecule has 0 heterocycles. The maximum atomic E-state index is 6.25. The standard InChI is InChI=1S/C18H21OP/c1-5-20(15-11-7-6-8-12-15)19-17-14-10-9-13-16(17)18(2,3)4/h5-14H,1H2,2-4H3. The lowest BCUT2D eigenvalue weighted by molar-refractivity contribution is 0.541. The van der Waals surface area contributed by atoms with Crippen LogP contribution in [0, 0.1) is 0 Å². The van der Waals surface area contributed by atoms with Crippen molar-refractivity contribution in [1.82, 2.24) is 0 Å². The van der Waals surface area contributed by atoms with E-state index in [0.29, 0.717) is 0 Å². The van der Waals surface area contributed by atoms with Crippen LogP contribution in [0.4, 0.5) is 0 Å². The van der Waals surface area contributed by atoms with Crippen LogP contribution in [0.25, 0.3) is 0 Å². The summed E-state index contributed by atoms with van der Waals surface area (Å²) in [5.74, 6) is 2.86. The SMILES string of the molecule is C=CP(Oc1ccccc1C(C)(C)C)c1ccccc1. The highest BCUT2D eigenvalue weighted by molar-refractivity contribution is 7.64. The topological polar surface area (TPSA) is 9.23 Å². The molecule has 1 nitrogen and oxygen atoms in total. The molecule has 1 unspecified atom stereocenters. The van der Waals surface area contributed by atoms with Gasteiger partial charge >= 0.3 is 0 Å². The fraction of sp³-hybridized carbons (Fsp3) is 0.222. The Hall–Kier alpha value is -1.59. The summed E-state index contributed by atoms with van der Waals surface area (Å²) in [6.07, 6.45) is 0. The molecule has 0 saturated carbocycles. The molecule has 104 valence electrons. The van der Waals surface area contributed by atoms with Crippen molar-refractivity contribution in [3.05, 3.63) is 72.6 Å². The van der Waals surface area contributed by atoms with E-state index in [4.69, 9.17) is 4.52 Å². The second kappa shape index (κ2) is 6.24. The molecule has 20 heavy (non-hydrogen) atoms. The second-order valence-electron chi connectivity index (χ2n) is 5.68. The zero-order valence-electron chi connectivity index (χ0n) is 12.3. The van der Waals surface area contributed by atoms with Gasteiger partial charge < -0.3 is 4.52 Å². The van der Waals surface area contributed by atoms with Gasteiger partial charge in [-0.25, -0.2) is 0 Å². The third kappa shape index (κ3) is 3.49. The number of hydrogen-bond acceptors (Lipinski definition) is 1. The van der Waals surface area contributed by atoms with Crippen LogP contribution in [0.3, 0.4) is 0 Å². The fourth-order valence-corrected chi connectivity index (χ4v) is 3.27. The third-order valence-electron chi connectivity index (χ3n) is 3.07. The molecule has 1 atom stereocenters. The highest BCUT2D eigenvalue weighted by Crippen LogP contribution is 2.42. The molecule has 0 amide bonds. The highest BCUT2D eigenvalue weighted by Gasteiger charge is 2.20. The molecule has 0 bridgehead atoms. The summed E-state index contributed by atoms with van der Waals surface area (Å²) in [5.41, 5.74) is 1.29. The fourth-order valence-electron chi connectivity index (χ4n) is 2.04. The first-order valence-corrected chi connectivity index (χ1v) is 8.09. The molecule has 0 radical (unpaired) electrons. The van der Waals surface area contributed by atoms with Gasteiger partial charge in [-0.15, -0.1) is 0 Å². The lowest BCUT2D eigenvalue weighted by atomic mass is 9.86. The molecule has 0 aromatic heterocycles. The largest absolute Gasteiger partial charge is 0.465 e. The summed E-state index contributed by atoms with van der Waals surface area (Å²) < 4.78 is 6.25. The normalized spacial score (nSPS) is 12.8. The lowest BCUT2D eigenvalue weighted by Gasteiger charge is -2.24. The van der Waals surface area contributed by atoms with Crippen molar-refractivity contribution >= 4 is 13.5 Å². The van der Waals surface area contributed by atoms with Crippen LogP contribution >= 0.6 is 8.15 Å². The van der Waals surface area contributed by atoms with E-state index in [-0.39, 0.29) is 5.41 Å². The zero-order chi connectivity index (χ0) is 14.6. The van der Waals surface area contributed by atoms with Gasteiger partial charge in [0.25, 0.3) is 0 Å². The first-order valence-electron chi connectivity index (χ1n) is 6.76. The molecule has 2 rings (SSSR count). The van der Waals surface area contributed by atoms with Crippen molar-refractivity contribution in [3.8, 4) is 5.75 Å². The Bertz CT molecular complexity index is 569. The van der Waals surface area contributed by atoms with E-state index in [9.17, 15) is 0 Å². The van der Waals surface area contributed by atoms with Crippen molar-refractivity contribution in [2.75, 3.05) is 0 Å². The Morgan fingerprint density at radius 2 is 1.55 bits per heavy atom. The van der Waals surface area contributed by atoms with E-state index in [2.05, 4.69) is 51.6 Å². The van der Waals surface area contributed by atoms with E-state index < -0.39 is 8.15 Å². The predicted molar refractivity (Wildman–Crippen MR) is 89.0 cm³/mol. The molecule has 0 spiro atoms. The van der Waals surface area contributed by atoms with Gasteiger partial charge in [-0.2, -0.15) is 0 Å². The van der Waals surface area contributed by atoms with Crippen molar-refractivity contribution in [3.63, 3.8) is 0 Å². The van der Waals surface area contributed by atoms with Crippen LogP contribution in [0.15, 0.2) is 67.0 Å². The Kier molecular flexibility index (Phi) is 4.62. The zero-order valence-corrected chi connectivity index (χ0v) is 13.2. The smallest absolute Gasteiger partial charge is 0.142 e. The first kappa shape index (κ1) is 14.8. The summed E-state index contributed by atoms with van der Waals surface area (Å²) in [6.45, 7) is 10.5. The van der Waals surface area contributed by atoms with Gasteiger partial charge in [0.1, 0.15) is 13.9 Å². The molecule has 0 fully saturated rings. The third-order valence-corrected chi connectivity index (χ3v) is 4.60. The minimum absolute atomic E-state index is 0.0649. The van der Waals surface area contributed by atoms with E-state index in [1.54, 1.807) is 0 Å². The van der Waals surface area contributed by atoms with Gasteiger partial charge in [0, 0.05) is 5.30 Å². The molecule has 0 aliphatic rings. The summed E-state index contributed by atoms with van der Waals surface area (Å²) in [6, 6.07) is 18.5. The maximum Gasteiger partial charge on any atom is 0.142 e. The van der Waals surface area contributed by atoms with Crippen LogP contribution in [0.2, 0.25) is 0 Å². The van der Waals surface area contributed by atoms with E-state index in [1.807, 2.05) is 36.1 Å². The molecular weight excluding hydrogens is 263 g/mol. The Morgan fingerprint density at radius 3 is 2.15 bits per heavy atom. The van der Waals surface area contributed by atoms with Crippen molar-refractivity contribution < 1.29 is 4.52 Å². The van der Waals surface area contributed by atoms with Gasteiger partial charge in [-0.1, -0.05) is 75.9 Å². The summed E-state index contributed by atoms with van der Waals surface area (Å²) in [4.78, 5) is 0. The molecule has 0 aliphatic heterocycles. The van der Waals surface area contributed by atoms with Gasteiger partial charge in [0.2, 0.25) is 0 Å². The maximum absolute atomic E-state index is 6.25. The molecule has 2 heteroatoms. The van der Waals surface area contributed by atoms with Gasteiger partial charge in [0.15, 0.2) is 0 Å². The Labute approximate surface area is 123 Å². The number of rotatable bonds is 4. The lowest BCUT2D eigenvalue weighted by Crippen LogP contribution is -2.13. The average Bonchev–Trinajstić information content (AvgIpc) is 2.45. The van der Waals surface area contributed by atoms with Crippen LogP contribution in [-0.4, -0.2) is 0 Å². The number of para-hydroxylation sites is 1. The minimum atomic E-state index is -0.829. The van der Waals surface area contributed by atoms with E-state index in [0.717, 1.165) is 5.75 Å². The van der Waals surface area contributed by atoms with Gasteiger partial charge in [-0.3, -0.25) is 0 Å². The van der Waals surface area contributed by atoms with Crippen LogP contribution in [0.5, 0.6) is 5.75 Å². The van der Waals surface area contributed by atoms with Gasteiger partial charge in [-0.05, 0) is 22.9 Å². The van der Waals surface area contributed by atoms with Crippen molar-refractivity contribution in [2.45, 2.75) is 26.2 Å². The Balaban J connectivity index is 2.32. The monoisotopic (exact) mass is 284 g/mol. The Morgan fingerprint density at radius 1 is 0.950 bits per heavy atom. The first-order chi connectivity index (χ1) is 9.52. The average molecular weight is 284 g/mol. The number of benzene rings is 2. The van der Waals surface area contributed by atoms with Crippen LogP contribution in [0.1, 0.15) is 26.3 Å². The van der Waals surface area contributed by atoms with E-state index in [1.165, 1.54) is 10.9 Å². The highest BCUT2D eigenvalue weighted by atomic mass is 31.1. The summed E-state index contributed by atoms with van der Waals surface area (Å²) >= 11 is 0. The molecule has 0 saturated heterocycles. The molecule has 2 aromatic carbocycles. The van der Waals surface area contributed by atoms with Gasteiger partial charge in [0.05, 0.1) is 0 Å². The van der Waals surface area contributed by atoms with Crippen LogP contribution in [-0.2, 0) is 5.41 Å². The molecule has 0 aliphatic carbocycles. The van der Waals surface area contributed by atoms with Crippen molar-refractivity contribution in [2.24, 2.45) is 0 Å². The summed E-state index contributed by atoms with van der Waals surface area (Å²) in [7, 11) is -0.829. The minimum Gasteiger partial charge on any atom is -0.465 e. The second-order valence-corrected chi connectivity index (χ2v) is 7.40. The predicted octanol–water partition coefficient (Wildman–Crippen LogP) is 5.23. The molecule has 0 N–H and O–H groups in total. The summed E-state index contributed by atoms with van der Waals surface area (Å²) in [5, 5.41) is 1.18. The van der Waals surface area contributed by atoms with E-state index >= 15 is 0 Å². The number of hydrogen-bond donors (Lipinski definition) is 0. The molecule has 2 aromatic rings. The van der Waals surface area contributed by atoms with Crippen molar-refractivity contribution in [1.29, 1.82) is 0 Å². The molecular formula is C18H21OP. The van der Waals surface area contributed by atoms with Crippen LogP contribution < -0.4 is 9.83 Å². The quantitative estimate of drug-likeness (QED) is 0.699.